The number of likely N-dealkylation sites (tertiary alicyclic amines) is 1. The molecule has 150 valence electrons. The maximum atomic E-state index is 12.9. The second-order valence-corrected chi connectivity index (χ2v) is 8.88. The standard InChI is InChI=1S/C23H24N2O3S/c26-20(16-25-21(27)15-23(22(25)28)13-7-2-8-14-23)24-18-11-5-6-12-19(18)29-17-9-3-1-4-10-17/h1,3-6,9-12H,2,7-8,13-16H2,(H,24,26). The van der Waals surface area contributed by atoms with Crippen molar-refractivity contribution in [2.24, 2.45) is 5.41 Å². The highest BCUT2D eigenvalue weighted by Gasteiger charge is 2.51. The molecule has 0 bridgehead atoms. The minimum atomic E-state index is -0.559. The summed E-state index contributed by atoms with van der Waals surface area (Å²) in [4.78, 5) is 41.2. The Morgan fingerprint density at radius 1 is 0.966 bits per heavy atom. The van der Waals surface area contributed by atoms with Crippen molar-refractivity contribution in [1.29, 1.82) is 0 Å². The van der Waals surface area contributed by atoms with Crippen LogP contribution < -0.4 is 5.32 Å². The molecule has 1 aliphatic heterocycles. The predicted molar refractivity (Wildman–Crippen MR) is 112 cm³/mol. The Bertz CT molecular complexity index is 923. The van der Waals surface area contributed by atoms with E-state index >= 15 is 0 Å². The summed E-state index contributed by atoms with van der Waals surface area (Å²) in [6.45, 7) is -0.218. The van der Waals surface area contributed by atoms with Crippen molar-refractivity contribution in [3.63, 3.8) is 0 Å². The first-order chi connectivity index (χ1) is 14.1. The van der Waals surface area contributed by atoms with Crippen molar-refractivity contribution >= 4 is 35.2 Å². The quantitative estimate of drug-likeness (QED) is 0.741. The molecule has 0 radical (unpaired) electrons. The Hall–Kier alpha value is -2.60. The number of amides is 3. The van der Waals surface area contributed by atoms with E-state index in [-0.39, 0.29) is 30.7 Å². The number of benzene rings is 2. The summed E-state index contributed by atoms with van der Waals surface area (Å²) in [5, 5.41) is 2.88. The average molecular weight is 409 g/mol. The van der Waals surface area contributed by atoms with Crippen LogP contribution in [-0.2, 0) is 14.4 Å². The SMILES string of the molecule is O=C(CN1C(=O)CC2(CCCCC2)C1=O)Nc1ccccc1Sc1ccccc1. The summed E-state index contributed by atoms with van der Waals surface area (Å²) < 4.78 is 0. The number of para-hydroxylation sites is 1. The molecule has 2 aromatic rings. The van der Waals surface area contributed by atoms with Crippen molar-refractivity contribution in [2.45, 2.75) is 48.3 Å². The van der Waals surface area contributed by atoms with Crippen LogP contribution >= 0.6 is 11.8 Å². The van der Waals surface area contributed by atoms with Gasteiger partial charge in [0.05, 0.1) is 11.1 Å². The van der Waals surface area contributed by atoms with Gasteiger partial charge >= 0.3 is 0 Å². The molecule has 0 unspecified atom stereocenters. The lowest BCUT2D eigenvalue weighted by Gasteiger charge is -2.30. The zero-order chi connectivity index (χ0) is 20.3. The number of nitrogens with zero attached hydrogens (tertiary/aromatic N) is 1. The molecule has 29 heavy (non-hydrogen) atoms. The van der Waals surface area contributed by atoms with Gasteiger partial charge in [-0.1, -0.05) is 61.4 Å². The van der Waals surface area contributed by atoms with Crippen LogP contribution in [0.2, 0.25) is 0 Å². The monoisotopic (exact) mass is 408 g/mol. The molecule has 2 aliphatic rings. The van der Waals surface area contributed by atoms with Crippen LogP contribution in [0.15, 0.2) is 64.4 Å². The zero-order valence-electron chi connectivity index (χ0n) is 16.2. The molecule has 0 atom stereocenters. The fourth-order valence-corrected chi connectivity index (χ4v) is 5.17. The van der Waals surface area contributed by atoms with Crippen LogP contribution in [0.3, 0.4) is 0 Å². The summed E-state index contributed by atoms with van der Waals surface area (Å²) in [6, 6.07) is 17.5. The first-order valence-electron chi connectivity index (χ1n) is 10.0. The molecular weight excluding hydrogens is 384 g/mol. The number of carbonyl (C=O) groups excluding carboxylic acids is 3. The number of rotatable bonds is 5. The Kier molecular flexibility index (Phi) is 5.72. The Morgan fingerprint density at radius 3 is 2.41 bits per heavy atom. The number of hydrogen-bond acceptors (Lipinski definition) is 4. The third kappa shape index (κ3) is 4.22. The second-order valence-electron chi connectivity index (χ2n) is 7.76. The molecule has 0 aromatic heterocycles. The number of imide groups is 1. The van der Waals surface area contributed by atoms with Gasteiger partial charge in [-0.05, 0) is 37.1 Å². The largest absolute Gasteiger partial charge is 0.323 e. The van der Waals surface area contributed by atoms with E-state index < -0.39 is 5.41 Å². The van der Waals surface area contributed by atoms with E-state index in [1.807, 2.05) is 54.6 Å². The zero-order valence-corrected chi connectivity index (χ0v) is 17.0. The van der Waals surface area contributed by atoms with Gasteiger partial charge in [0.15, 0.2) is 0 Å². The van der Waals surface area contributed by atoms with Crippen molar-refractivity contribution in [2.75, 3.05) is 11.9 Å². The molecule has 2 fully saturated rings. The Balaban J connectivity index is 1.44. The van der Waals surface area contributed by atoms with Crippen molar-refractivity contribution < 1.29 is 14.4 Å². The van der Waals surface area contributed by atoms with Gasteiger partial charge in [-0.2, -0.15) is 0 Å². The molecule has 1 saturated carbocycles. The Labute approximate surface area is 174 Å². The highest BCUT2D eigenvalue weighted by Crippen LogP contribution is 2.45. The molecule has 1 saturated heterocycles. The van der Waals surface area contributed by atoms with Crippen molar-refractivity contribution in [3.05, 3.63) is 54.6 Å². The first-order valence-corrected chi connectivity index (χ1v) is 10.9. The van der Waals surface area contributed by atoms with Crippen LogP contribution in [0.25, 0.3) is 0 Å². The van der Waals surface area contributed by atoms with Gasteiger partial charge in [0, 0.05) is 16.2 Å². The van der Waals surface area contributed by atoms with Gasteiger partial charge < -0.3 is 5.32 Å². The fraction of sp³-hybridized carbons (Fsp3) is 0.348. The topological polar surface area (TPSA) is 66.5 Å². The third-order valence-corrected chi connectivity index (χ3v) is 6.82. The lowest BCUT2D eigenvalue weighted by Crippen LogP contribution is -2.41. The lowest BCUT2D eigenvalue weighted by atomic mass is 9.73. The van der Waals surface area contributed by atoms with Gasteiger partial charge in [-0.25, -0.2) is 0 Å². The van der Waals surface area contributed by atoms with E-state index in [0.29, 0.717) is 5.69 Å². The van der Waals surface area contributed by atoms with Crippen LogP contribution in [0.1, 0.15) is 38.5 Å². The Morgan fingerprint density at radius 2 is 1.66 bits per heavy atom. The van der Waals surface area contributed by atoms with Gasteiger partial charge in [-0.15, -0.1) is 0 Å². The lowest BCUT2D eigenvalue weighted by molar-refractivity contribution is -0.144. The smallest absolute Gasteiger partial charge is 0.244 e. The highest BCUT2D eigenvalue weighted by atomic mass is 32.2. The maximum Gasteiger partial charge on any atom is 0.244 e. The normalized spacial score (nSPS) is 18.3. The van der Waals surface area contributed by atoms with Gasteiger partial charge in [-0.3, -0.25) is 19.3 Å². The van der Waals surface area contributed by atoms with Gasteiger partial charge in [0.25, 0.3) is 0 Å². The third-order valence-electron chi connectivity index (χ3n) is 5.73. The van der Waals surface area contributed by atoms with Crippen LogP contribution in [0.4, 0.5) is 5.69 Å². The number of anilines is 1. The van der Waals surface area contributed by atoms with E-state index in [2.05, 4.69) is 5.32 Å². The van der Waals surface area contributed by atoms with Crippen LogP contribution in [0.5, 0.6) is 0 Å². The summed E-state index contributed by atoms with van der Waals surface area (Å²) in [5.74, 6) is -0.732. The number of hydrogen-bond donors (Lipinski definition) is 1. The predicted octanol–water partition coefficient (Wildman–Crippen LogP) is 4.49. The molecule has 1 aliphatic carbocycles. The molecule has 1 spiro atoms. The second kappa shape index (κ2) is 8.41. The van der Waals surface area contributed by atoms with E-state index in [0.717, 1.165) is 46.8 Å². The molecule has 4 rings (SSSR count). The minimum Gasteiger partial charge on any atom is -0.323 e. The van der Waals surface area contributed by atoms with Crippen LogP contribution in [-0.4, -0.2) is 29.2 Å². The average Bonchev–Trinajstić information content (AvgIpc) is 2.95. The number of carbonyl (C=O) groups is 3. The first kappa shape index (κ1) is 19.7. The van der Waals surface area contributed by atoms with E-state index in [4.69, 9.17) is 0 Å². The molecule has 3 amide bonds. The summed E-state index contributed by atoms with van der Waals surface area (Å²) in [5.41, 5.74) is 0.120. The van der Waals surface area contributed by atoms with Crippen molar-refractivity contribution in [1.82, 2.24) is 4.90 Å². The minimum absolute atomic E-state index is 0.163. The van der Waals surface area contributed by atoms with E-state index in [1.165, 1.54) is 0 Å². The number of nitrogens with one attached hydrogen (secondary N) is 1. The molecule has 2 aromatic carbocycles. The highest BCUT2D eigenvalue weighted by molar-refractivity contribution is 7.99. The summed E-state index contributed by atoms with van der Waals surface area (Å²) in [6.07, 6.45) is 4.82. The van der Waals surface area contributed by atoms with Gasteiger partial charge in [0.1, 0.15) is 6.54 Å². The van der Waals surface area contributed by atoms with Crippen molar-refractivity contribution in [3.8, 4) is 0 Å². The molecule has 1 N–H and O–H groups in total. The fourth-order valence-electron chi connectivity index (χ4n) is 4.25. The molecule has 1 heterocycles. The molecule has 5 nitrogen and oxygen atoms in total. The maximum absolute atomic E-state index is 12.9. The summed E-state index contributed by atoms with van der Waals surface area (Å²) in [7, 11) is 0. The molecule has 6 heteroatoms. The molecular formula is C23H24N2O3S. The van der Waals surface area contributed by atoms with Crippen LogP contribution in [0, 0.1) is 5.41 Å². The van der Waals surface area contributed by atoms with E-state index in [1.54, 1.807) is 11.8 Å². The van der Waals surface area contributed by atoms with Gasteiger partial charge in [0.2, 0.25) is 17.7 Å². The summed E-state index contributed by atoms with van der Waals surface area (Å²) >= 11 is 1.56. The van der Waals surface area contributed by atoms with E-state index in [9.17, 15) is 14.4 Å².